The molecule has 0 spiro atoms. The quantitative estimate of drug-likeness (QED) is 0.837. The van der Waals surface area contributed by atoms with Gasteiger partial charge in [0.25, 0.3) is 0 Å². The lowest BCUT2D eigenvalue weighted by Gasteiger charge is -2.19. The summed E-state index contributed by atoms with van der Waals surface area (Å²) in [5, 5.41) is 13.9. The number of rotatable bonds is 6. The summed E-state index contributed by atoms with van der Waals surface area (Å²) in [4.78, 5) is 0. The van der Waals surface area contributed by atoms with E-state index in [0.717, 1.165) is 24.2 Å². The van der Waals surface area contributed by atoms with Crippen molar-refractivity contribution in [1.29, 1.82) is 0 Å². The molecule has 3 heteroatoms. The van der Waals surface area contributed by atoms with Gasteiger partial charge in [0.05, 0.1) is 12.6 Å². The molecule has 2 rings (SSSR count). The minimum absolute atomic E-state index is 0.111. The van der Waals surface area contributed by atoms with Crippen LogP contribution in [0, 0.1) is 0 Å². The number of aliphatic hydroxyl groups is 1. The fourth-order valence-corrected chi connectivity index (χ4v) is 2.56. The maximum atomic E-state index is 9.29. The molecule has 0 radical (unpaired) electrons. The minimum atomic E-state index is 0.111. The van der Waals surface area contributed by atoms with Crippen LogP contribution in [-0.2, 0) is 6.42 Å². The van der Waals surface area contributed by atoms with E-state index < -0.39 is 0 Å². The Labute approximate surface area is 114 Å². The van der Waals surface area contributed by atoms with E-state index in [2.05, 4.69) is 32.2 Å². The maximum absolute atomic E-state index is 9.29. The first-order chi connectivity index (χ1) is 9.21. The number of para-hydroxylation sites is 1. The summed E-state index contributed by atoms with van der Waals surface area (Å²) in [6.07, 6.45) is 1.86. The van der Waals surface area contributed by atoms with Crippen molar-refractivity contribution in [3.05, 3.63) is 35.6 Å². The molecular formula is C16H23NO2. The first-order valence-corrected chi connectivity index (χ1v) is 7.08. The van der Waals surface area contributed by atoms with Gasteiger partial charge >= 0.3 is 0 Å². The first-order valence-electron chi connectivity index (χ1n) is 7.08. The molecule has 2 N–H and O–H groups in total. The van der Waals surface area contributed by atoms with Gasteiger partial charge in [0.1, 0.15) is 11.3 Å². The molecule has 0 saturated heterocycles. The van der Waals surface area contributed by atoms with Crippen molar-refractivity contribution in [3.8, 4) is 0 Å². The molecule has 1 unspecified atom stereocenters. The lowest BCUT2D eigenvalue weighted by atomic mass is 10.0. The smallest absolute Gasteiger partial charge is 0.134 e. The zero-order chi connectivity index (χ0) is 13.8. The molecular weight excluding hydrogens is 238 g/mol. The van der Waals surface area contributed by atoms with Crippen molar-refractivity contribution in [3.63, 3.8) is 0 Å². The van der Waals surface area contributed by atoms with Crippen LogP contribution in [0.2, 0.25) is 0 Å². The third-order valence-corrected chi connectivity index (χ3v) is 3.68. The third kappa shape index (κ3) is 2.82. The molecule has 2 aromatic rings. The van der Waals surface area contributed by atoms with Crippen LogP contribution in [-0.4, -0.2) is 17.8 Å². The van der Waals surface area contributed by atoms with Crippen molar-refractivity contribution in [2.24, 2.45) is 0 Å². The minimum Gasteiger partial charge on any atom is -0.459 e. The van der Waals surface area contributed by atoms with Gasteiger partial charge in [-0.3, -0.25) is 0 Å². The number of benzene rings is 1. The molecule has 1 aromatic carbocycles. The van der Waals surface area contributed by atoms with Gasteiger partial charge < -0.3 is 14.8 Å². The molecule has 0 amide bonds. The van der Waals surface area contributed by atoms with E-state index >= 15 is 0 Å². The second-order valence-corrected chi connectivity index (χ2v) is 4.97. The van der Waals surface area contributed by atoms with Gasteiger partial charge in [-0.2, -0.15) is 0 Å². The fraction of sp³-hybridized carbons (Fsp3) is 0.500. The highest BCUT2D eigenvalue weighted by Gasteiger charge is 2.19. The Morgan fingerprint density at radius 1 is 1.26 bits per heavy atom. The van der Waals surface area contributed by atoms with Crippen LogP contribution in [0.15, 0.2) is 28.7 Å². The molecule has 0 aliphatic heterocycles. The molecule has 0 aliphatic rings. The lowest BCUT2D eigenvalue weighted by molar-refractivity contribution is 0.225. The molecule has 0 fully saturated rings. The van der Waals surface area contributed by atoms with Crippen molar-refractivity contribution in [1.82, 2.24) is 5.32 Å². The van der Waals surface area contributed by atoms with Gasteiger partial charge in [0.15, 0.2) is 0 Å². The van der Waals surface area contributed by atoms with Crippen molar-refractivity contribution in [2.75, 3.05) is 6.61 Å². The fourth-order valence-electron chi connectivity index (χ4n) is 2.56. The van der Waals surface area contributed by atoms with Gasteiger partial charge in [0, 0.05) is 17.0 Å². The Hall–Kier alpha value is -1.32. The molecule has 0 saturated carbocycles. The number of furan rings is 1. The Morgan fingerprint density at radius 2 is 2.00 bits per heavy atom. The highest BCUT2D eigenvalue weighted by Crippen LogP contribution is 2.30. The predicted octanol–water partition coefficient (Wildman–Crippen LogP) is 3.42. The Bertz CT molecular complexity index is 529. The normalized spacial score (nSPS) is 14.7. The van der Waals surface area contributed by atoms with Gasteiger partial charge in [-0.15, -0.1) is 0 Å². The van der Waals surface area contributed by atoms with Crippen LogP contribution in [0.4, 0.5) is 0 Å². The number of aliphatic hydroxyl groups excluding tert-OH is 1. The molecule has 104 valence electrons. The monoisotopic (exact) mass is 261 g/mol. The second-order valence-electron chi connectivity index (χ2n) is 4.97. The van der Waals surface area contributed by atoms with E-state index in [1.54, 1.807) is 0 Å². The summed E-state index contributed by atoms with van der Waals surface area (Å²) in [5.41, 5.74) is 2.21. The summed E-state index contributed by atoms with van der Waals surface area (Å²) in [5.74, 6) is 0.996. The number of aryl methyl sites for hydroxylation is 1. The van der Waals surface area contributed by atoms with Gasteiger partial charge in [-0.25, -0.2) is 0 Å². The largest absolute Gasteiger partial charge is 0.459 e. The van der Waals surface area contributed by atoms with E-state index in [4.69, 9.17) is 4.42 Å². The third-order valence-electron chi connectivity index (χ3n) is 3.68. The highest BCUT2D eigenvalue weighted by molar-refractivity contribution is 5.82. The molecule has 0 aliphatic carbocycles. The van der Waals surface area contributed by atoms with Crippen molar-refractivity contribution >= 4 is 11.0 Å². The average molecular weight is 261 g/mol. The summed E-state index contributed by atoms with van der Waals surface area (Å²) in [7, 11) is 0. The summed E-state index contributed by atoms with van der Waals surface area (Å²) in [6.45, 7) is 6.47. The predicted molar refractivity (Wildman–Crippen MR) is 78.3 cm³/mol. The standard InChI is InChI=1S/C16H23NO2/c1-4-12(10-18)17-11(3)16-13(5-2)14-8-6-7-9-15(14)19-16/h6-9,11-12,17-18H,4-5,10H2,1-3H3/t11?,12-/m0/s1. The molecule has 2 atom stereocenters. The molecule has 19 heavy (non-hydrogen) atoms. The molecule has 3 nitrogen and oxygen atoms in total. The first kappa shape index (κ1) is 14.1. The van der Waals surface area contributed by atoms with E-state index in [1.807, 2.05) is 18.2 Å². The zero-order valence-corrected chi connectivity index (χ0v) is 11.9. The zero-order valence-electron chi connectivity index (χ0n) is 11.9. The Morgan fingerprint density at radius 3 is 2.63 bits per heavy atom. The van der Waals surface area contributed by atoms with Crippen LogP contribution in [0.25, 0.3) is 11.0 Å². The SMILES string of the molecule is CCc1c(C(C)N[C@@H](CC)CO)oc2ccccc12. The topological polar surface area (TPSA) is 45.4 Å². The maximum Gasteiger partial charge on any atom is 0.134 e. The average Bonchev–Trinajstić information content (AvgIpc) is 2.83. The molecule has 1 heterocycles. The van der Waals surface area contributed by atoms with Gasteiger partial charge in [-0.05, 0) is 25.8 Å². The molecule has 1 aromatic heterocycles. The van der Waals surface area contributed by atoms with Gasteiger partial charge in [-0.1, -0.05) is 32.0 Å². The number of nitrogens with one attached hydrogen (secondary N) is 1. The van der Waals surface area contributed by atoms with Crippen LogP contribution in [0.1, 0.15) is 44.6 Å². The number of hydrogen-bond donors (Lipinski definition) is 2. The van der Waals surface area contributed by atoms with E-state index in [9.17, 15) is 5.11 Å². The lowest BCUT2D eigenvalue weighted by Crippen LogP contribution is -2.34. The number of hydrogen-bond acceptors (Lipinski definition) is 3. The van der Waals surface area contributed by atoms with Crippen LogP contribution < -0.4 is 5.32 Å². The summed E-state index contributed by atoms with van der Waals surface area (Å²) >= 11 is 0. The van der Waals surface area contributed by atoms with Crippen LogP contribution in [0.5, 0.6) is 0 Å². The van der Waals surface area contributed by atoms with Crippen LogP contribution >= 0.6 is 0 Å². The van der Waals surface area contributed by atoms with E-state index in [-0.39, 0.29) is 18.7 Å². The van der Waals surface area contributed by atoms with Gasteiger partial charge in [0.2, 0.25) is 0 Å². The Balaban J connectivity index is 2.33. The Kier molecular flexibility index (Phi) is 4.61. The second kappa shape index (κ2) is 6.22. The van der Waals surface area contributed by atoms with Crippen molar-refractivity contribution < 1.29 is 9.52 Å². The van der Waals surface area contributed by atoms with Crippen molar-refractivity contribution in [2.45, 2.75) is 45.7 Å². The summed E-state index contributed by atoms with van der Waals surface area (Å²) < 4.78 is 6.00. The summed E-state index contributed by atoms with van der Waals surface area (Å²) in [6, 6.07) is 8.38. The highest BCUT2D eigenvalue weighted by atomic mass is 16.3. The number of fused-ring (bicyclic) bond motifs is 1. The van der Waals surface area contributed by atoms with Crippen LogP contribution in [0.3, 0.4) is 0 Å². The van der Waals surface area contributed by atoms with E-state index in [1.165, 1.54) is 10.9 Å². The van der Waals surface area contributed by atoms with E-state index in [0.29, 0.717) is 0 Å². The molecule has 0 bridgehead atoms.